The topological polar surface area (TPSA) is 44.0 Å². The molecule has 1 unspecified atom stereocenters. The highest BCUT2D eigenvalue weighted by molar-refractivity contribution is 7.99. The van der Waals surface area contributed by atoms with Gasteiger partial charge >= 0.3 is 0 Å². The fourth-order valence-electron chi connectivity index (χ4n) is 1.80. The lowest BCUT2D eigenvalue weighted by Gasteiger charge is -2.30. The normalized spacial score (nSPS) is 23.2. The molecule has 2 N–H and O–H groups in total. The van der Waals surface area contributed by atoms with Crippen LogP contribution in [0.5, 0.6) is 0 Å². The molecule has 15 heavy (non-hydrogen) atoms. The van der Waals surface area contributed by atoms with Crippen molar-refractivity contribution in [3.63, 3.8) is 0 Å². The maximum Gasteiger partial charge on any atom is 0.124 e. The van der Waals surface area contributed by atoms with Gasteiger partial charge in [0.05, 0.1) is 6.04 Å². The van der Waals surface area contributed by atoms with Gasteiger partial charge in [0.2, 0.25) is 0 Å². The van der Waals surface area contributed by atoms with Crippen LogP contribution in [0.4, 0.5) is 0 Å². The van der Waals surface area contributed by atoms with Crippen molar-refractivity contribution >= 4 is 11.8 Å². The number of rotatable bonds is 3. The molecule has 1 aromatic heterocycles. The monoisotopic (exact) mass is 226 g/mol. The minimum Gasteiger partial charge on any atom is -0.343 e. The highest BCUT2D eigenvalue weighted by atomic mass is 32.2. The zero-order valence-electron chi connectivity index (χ0n) is 9.29. The van der Waals surface area contributed by atoms with E-state index >= 15 is 0 Å². The fourth-order valence-corrected chi connectivity index (χ4v) is 3.02. The van der Waals surface area contributed by atoms with E-state index in [1.165, 1.54) is 5.75 Å². The van der Waals surface area contributed by atoms with Gasteiger partial charge in [-0.1, -0.05) is 0 Å². The molecule has 2 heterocycles. The van der Waals surface area contributed by atoms with Gasteiger partial charge in [0.15, 0.2) is 0 Å². The molecule has 1 aromatic rings. The summed E-state index contributed by atoms with van der Waals surface area (Å²) in [6.07, 6.45) is 1.93. The highest BCUT2D eigenvalue weighted by Gasteiger charge is 2.23. The van der Waals surface area contributed by atoms with Crippen LogP contribution in [0.1, 0.15) is 17.6 Å². The second-order valence-corrected chi connectivity index (χ2v) is 5.05. The SMILES string of the molecule is CNCc1cnc(C2CSCCN2C)[nH]1. The average Bonchev–Trinajstić information content (AvgIpc) is 2.68. The Kier molecular flexibility index (Phi) is 3.66. The summed E-state index contributed by atoms with van der Waals surface area (Å²) in [7, 11) is 4.12. The van der Waals surface area contributed by atoms with E-state index in [0.717, 1.165) is 30.4 Å². The summed E-state index contributed by atoms with van der Waals surface area (Å²) in [6.45, 7) is 2.01. The molecule has 1 aliphatic heterocycles. The Balaban J connectivity index is 2.06. The molecule has 0 bridgehead atoms. The van der Waals surface area contributed by atoms with Crippen molar-refractivity contribution < 1.29 is 0 Å². The molecular formula is C10H18N4S. The van der Waals surface area contributed by atoms with E-state index in [2.05, 4.69) is 27.2 Å². The number of hydrogen-bond donors (Lipinski definition) is 2. The zero-order valence-corrected chi connectivity index (χ0v) is 10.1. The molecule has 2 rings (SSSR count). The maximum absolute atomic E-state index is 4.46. The van der Waals surface area contributed by atoms with Gasteiger partial charge < -0.3 is 10.3 Å². The summed E-state index contributed by atoms with van der Waals surface area (Å²) in [5.41, 5.74) is 1.16. The van der Waals surface area contributed by atoms with Crippen LogP contribution in [0.2, 0.25) is 0 Å². The van der Waals surface area contributed by atoms with Gasteiger partial charge in [-0.2, -0.15) is 11.8 Å². The van der Waals surface area contributed by atoms with Gasteiger partial charge in [-0.25, -0.2) is 4.98 Å². The number of aromatic amines is 1. The lowest BCUT2D eigenvalue weighted by Crippen LogP contribution is -2.33. The molecule has 1 saturated heterocycles. The molecule has 1 atom stereocenters. The predicted molar refractivity (Wildman–Crippen MR) is 64.0 cm³/mol. The summed E-state index contributed by atoms with van der Waals surface area (Å²) < 4.78 is 0. The minimum absolute atomic E-state index is 0.453. The first-order valence-corrected chi connectivity index (χ1v) is 6.43. The van der Waals surface area contributed by atoms with Crippen LogP contribution in [-0.2, 0) is 6.54 Å². The molecule has 1 fully saturated rings. The molecule has 5 heteroatoms. The van der Waals surface area contributed by atoms with E-state index in [-0.39, 0.29) is 0 Å². The second kappa shape index (κ2) is 5.01. The molecule has 0 spiro atoms. The second-order valence-electron chi connectivity index (χ2n) is 3.90. The number of hydrogen-bond acceptors (Lipinski definition) is 4. The molecule has 0 aromatic carbocycles. The number of nitrogens with one attached hydrogen (secondary N) is 2. The van der Waals surface area contributed by atoms with Gasteiger partial charge in [0.1, 0.15) is 5.82 Å². The van der Waals surface area contributed by atoms with Crippen LogP contribution in [0.25, 0.3) is 0 Å². The molecule has 0 saturated carbocycles. The van der Waals surface area contributed by atoms with Crippen molar-refractivity contribution in [3.8, 4) is 0 Å². The van der Waals surface area contributed by atoms with Gasteiger partial charge in [-0.15, -0.1) is 0 Å². The Bertz CT molecular complexity index is 312. The van der Waals surface area contributed by atoms with Crippen molar-refractivity contribution in [1.29, 1.82) is 0 Å². The summed E-state index contributed by atoms with van der Waals surface area (Å²) in [6, 6.07) is 0.453. The smallest absolute Gasteiger partial charge is 0.124 e. The average molecular weight is 226 g/mol. The molecule has 0 amide bonds. The number of aromatic nitrogens is 2. The summed E-state index contributed by atoms with van der Waals surface area (Å²) >= 11 is 2.01. The lowest BCUT2D eigenvalue weighted by molar-refractivity contribution is 0.265. The van der Waals surface area contributed by atoms with Gasteiger partial charge in [-0.05, 0) is 14.1 Å². The van der Waals surface area contributed by atoms with E-state index in [4.69, 9.17) is 0 Å². The largest absolute Gasteiger partial charge is 0.343 e. The Morgan fingerprint density at radius 2 is 2.60 bits per heavy atom. The third-order valence-corrected chi connectivity index (χ3v) is 3.75. The zero-order chi connectivity index (χ0) is 10.7. The van der Waals surface area contributed by atoms with Crippen LogP contribution in [0.3, 0.4) is 0 Å². The third-order valence-electron chi connectivity index (χ3n) is 2.73. The van der Waals surface area contributed by atoms with Gasteiger partial charge in [0, 0.05) is 36.5 Å². The van der Waals surface area contributed by atoms with E-state index in [1.807, 2.05) is 25.0 Å². The minimum atomic E-state index is 0.453. The Labute approximate surface area is 94.8 Å². The van der Waals surface area contributed by atoms with E-state index in [0.29, 0.717) is 6.04 Å². The number of thioether (sulfide) groups is 1. The van der Waals surface area contributed by atoms with Crippen molar-refractivity contribution in [2.75, 3.05) is 32.1 Å². The van der Waals surface area contributed by atoms with Gasteiger partial charge in [-0.3, -0.25) is 4.90 Å². The maximum atomic E-state index is 4.46. The quantitative estimate of drug-likeness (QED) is 0.802. The lowest BCUT2D eigenvalue weighted by atomic mass is 10.3. The first kappa shape index (κ1) is 11.0. The molecule has 0 aliphatic carbocycles. The van der Waals surface area contributed by atoms with Crippen molar-refractivity contribution in [2.24, 2.45) is 0 Å². The first-order chi connectivity index (χ1) is 7.31. The first-order valence-electron chi connectivity index (χ1n) is 5.27. The van der Waals surface area contributed by atoms with Crippen LogP contribution >= 0.6 is 11.8 Å². The molecule has 1 aliphatic rings. The fraction of sp³-hybridized carbons (Fsp3) is 0.700. The standard InChI is InChI=1S/C10H18N4S/c1-11-5-8-6-12-10(13-8)9-7-15-4-3-14(9)2/h6,9,11H,3-5,7H2,1-2H3,(H,12,13). The predicted octanol–water partition coefficient (Wildman–Crippen LogP) is 0.849. The molecule has 4 nitrogen and oxygen atoms in total. The molecule has 84 valence electrons. The number of H-pyrrole nitrogens is 1. The van der Waals surface area contributed by atoms with Crippen molar-refractivity contribution in [1.82, 2.24) is 20.2 Å². The van der Waals surface area contributed by atoms with Crippen LogP contribution in [-0.4, -0.2) is 47.0 Å². The van der Waals surface area contributed by atoms with E-state index in [1.54, 1.807) is 0 Å². The third kappa shape index (κ3) is 2.53. The summed E-state index contributed by atoms with van der Waals surface area (Å²) in [5, 5.41) is 3.12. The molecule has 0 radical (unpaired) electrons. The van der Waals surface area contributed by atoms with Crippen LogP contribution in [0.15, 0.2) is 6.20 Å². The summed E-state index contributed by atoms with van der Waals surface area (Å²) in [4.78, 5) is 10.2. The van der Waals surface area contributed by atoms with Gasteiger partial charge in [0.25, 0.3) is 0 Å². The molecular weight excluding hydrogens is 208 g/mol. The van der Waals surface area contributed by atoms with Crippen LogP contribution < -0.4 is 5.32 Å². The Hall–Kier alpha value is -0.520. The van der Waals surface area contributed by atoms with E-state index in [9.17, 15) is 0 Å². The summed E-state index contributed by atoms with van der Waals surface area (Å²) in [5.74, 6) is 3.48. The Morgan fingerprint density at radius 3 is 3.33 bits per heavy atom. The Morgan fingerprint density at radius 1 is 1.73 bits per heavy atom. The van der Waals surface area contributed by atoms with E-state index < -0.39 is 0 Å². The highest BCUT2D eigenvalue weighted by Crippen LogP contribution is 2.25. The number of imidazole rings is 1. The van der Waals surface area contributed by atoms with Crippen molar-refractivity contribution in [2.45, 2.75) is 12.6 Å². The number of nitrogens with zero attached hydrogens (tertiary/aromatic N) is 2. The van der Waals surface area contributed by atoms with Crippen LogP contribution in [0, 0.1) is 0 Å². The van der Waals surface area contributed by atoms with Crippen molar-refractivity contribution in [3.05, 3.63) is 17.7 Å².